The van der Waals surface area contributed by atoms with Crippen LogP contribution >= 0.6 is 0 Å². The van der Waals surface area contributed by atoms with Crippen molar-refractivity contribution >= 4 is 0 Å². The standard InChI is InChI=1S/C16H20N4O/c1-13(2)8-10-20-16(15(12-17)18-19-20)9-11-21-14-6-4-3-5-7-14/h3-7,13H,8-11H2,1-2H3. The SMILES string of the molecule is CC(C)CCn1nnc(C#N)c1CCOc1ccccc1. The molecule has 0 bridgehead atoms. The second-order valence-corrected chi connectivity index (χ2v) is 5.31. The Balaban J connectivity index is 1.97. The van der Waals surface area contributed by atoms with Gasteiger partial charge in [-0.05, 0) is 24.5 Å². The summed E-state index contributed by atoms with van der Waals surface area (Å²) in [7, 11) is 0. The minimum atomic E-state index is 0.399. The van der Waals surface area contributed by atoms with Crippen molar-refractivity contribution in [3.05, 3.63) is 41.7 Å². The molecule has 0 spiro atoms. The van der Waals surface area contributed by atoms with Crippen LogP contribution in [0.15, 0.2) is 30.3 Å². The first-order valence-corrected chi connectivity index (χ1v) is 7.21. The number of aryl methyl sites for hydroxylation is 1. The summed E-state index contributed by atoms with van der Waals surface area (Å²) < 4.78 is 7.51. The van der Waals surface area contributed by atoms with Gasteiger partial charge in [0.25, 0.3) is 0 Å². The summed E-state index contributed by atoms with van der Waals surface area (Å²) in [5, 5.41) is 17.1. The van der Waals surface area contributed by atoms with Crippen LogP contribution in [0.5, 0.6) is 5.75 Å². The molecular formula is C16H20N4O. The van der Waals surface area contributed by atoms with E-state index in [4.69, 9.17) is 10.00 Å². The van der Waals surface area contributed by atoms with Crippen LogP contribution in [-0.4, -0.2) is 21.6 Å². The van der Waals surface area contributed by atoms with E-state index in [-0.39, 0.29) is 0 Å². The number of nitriles is 1. The van der Waals surface area contributed by atoms with E-state index in [0.717, 1.165) is 24.4 Å². The van der Waals surface area contributed by atoms with Crippen molar-refractivity contribution < 1.29 is 4.74 Å². The predicted octanol–water partition coefficient (Wildman–Crippen LogP) is 2.82. The second kappa shape index (κ2) is 7.44. The van der Waals surface area contributed by atoms with Crippen LogP contribution in [0.1, 0.15) is 31.7 Å². The Morgan fingerprint density at radius 2 is 2.05 bits per heavy atom. The quantitative estimate of drug-likeness (QED) is 0.784. The molecule has 21 heavy (non-hydrogen) atoms. The molecule has 0 amide bonds. The lowest BCUT2D eigenvalue weighted by Crippen LogP contribution is -2.11. The molecule has 5 nitrogen and oxygen atoms in total. The van der Waals surface area contributed by atoms with Crippen molar-refractivity contribution in [3.8, 4) is 11.8 Å². The van der Waals surface area contributed by atoms with Crippen LogP contribution in [0.4, 0.5) is 0 Å². The molecule has 0 aliphatic rings. The van der Waals surface area contributed by atoms with E-state index in [1.165, 1.54) is 0 Å². The molecule has 1 aromatic carbocycles. The first kappa shape index (κ1) is 15.0. The maximum Gasteiger partial charge on any atom is 0.185 e. The molecule has 0 unspecified atom stereocenters. The number of hydrogen-bond acceptors (Lipinski definition) is 4. The number of nitrogens with zero attached hydrogens (tertiary/aromatic N) is 4. The summed E-state index contributed by atoms with van der Waals surface area (Å²) in [5.41, 5.74) is 1.25. The maximum atomic E-state index is 9.12. The van der Waals surface area contributed by atoms with Crippen LogP contribution in [0.3, 0.4) is 0 Å². The van der Waals surface area contributed by atoms with Crippen molar-refractivity contribution in [2.24, 2.45) is 5.92 Å². The van der Waals surface area contributed by atoms with Crippen LogP contribution in [-0.2, 0) is 13.0 Å². The highest BCUT2D eigenvalue weighted by Gasteiger charge is 2.12. The lowest BCUT2D eigenvalue weighted by Gasteiger charge is -2.09. The molecular weight excluding hydrogens is 264 g/mol. The number of ether oxygens (including phenoxy) is 1. The number of aromatic nitrogens is 3. The number of para-hydroxylation sites is 1. The molecule has 0 N–H and O–H groups in total. The molecule has 0 saturated carbocycles. The minimum Gasteiger partial charge on any atom is -0.493 e. The van der Waals surface area contributed by atoms with Crippen LogP contribution < -0.4 is 4.74 Å². The zero-order chi connectivity index (χ0) is 15.1. The second-order valence-electron chi connectivity index (χ2n) is 5.31. The fourth-order valence-electron chi connectivity index (χ4n) is 2.01. The fraction of sp³-hybridized carbons (Fsp3) is 0.438. The molecule has 0 saturated heterocycles. The van der Waals surface area contributed by atoms with E-state index < -0.39 is 0 Å². The van der Waals surface area contributed by atoms with Gasteiger partial charge in [-0.1, -0.05) is 37.3 Å². The number of rotatable bonds is 7. The van der Waals surface area contributed by atoms with Crippen LogP contribution in [0, 0.1) is 17.2 Å². The van der Waals surface area contributed by atoms with Crippen molar-refractivity contribution in [2.45, 2.75) is 33.2 Å². The molecule has 0 aliphatic heterocycles. The van der Waals surface area contributed by atoms with Gasteiger partial charge in [-0.15, -0.1) is 5.10 Å². The minimum absolute atomic E-state index is 0.399. The Hall–Kier alpha value is -2.35. The Bertz CT molecular complexity index is 598. The van der Waals surface area contributed by atoms with E-state index in [0.29, 0.717) is 24.6 Å². The van der Waals surface area contributed by atoms with Gasteiger partial charge in [-0.3, -0.25) is 0 Å². The van der Waals surface area contributed by atoms with Crippen molar-refractivity contribution in [3.63, 3.8) is 0 Å². The molecule has 5 heteroatoms. The van der Waals surface area contributed by atoms with Gasteiger partial charge in [0, 0.05) is 13.0 Å². The van der Waals surface area contributed by atoms with Crippen molar-refractivity contribution in [1.29, 1.82) is 5.26 Å². The van der Waals surface area contributed by atoms with Gasteiger partial charge < -0.3 is 4.74 Å². The maximum absolute atomic E-state index is 9.12. The molecule has 2 aromatic rings. The van der Waals surface area contributed by atoms with E-state index in [1.807, 2.05) is 35.0 Å². The van der Waals surface area contributed by atoms with E-state index >= 15 is 0 Å². The molecule has 0 fully saturated rings. The normalized spacial score (nSPS) is 10.6. The molecule has 0 aliphatic carbocycles. The monoisotopic (exact) mass is 284 g/mol. The first-order chi connectivity index (χ1) is 10.2. The average molecular weight is 284 g/mol. The molecule has 110 valence electrons. The summed E-state index contributed by atoms with van der Waals surface area (Å²) >= 11 is 0. The summed E-state index contributed by atoms with van der Waals surface area (Å²) in [4.78, 5) is 0. The Morgan fingerprint density at radius 3 is 2.71 bits per heavy atom. The van der Waals surface area contributed by atoms with Gasteiger partial charge in [-0.25, -0.2) is 4.68 Å². The molecule has 0 atom stereocenters. The predicted molar refractivity (Wildman–Crippen MR) is 79.8 cm³/mol. The van der Waals surface area contributed by atoms with Gasteiger partial charge in [0.2, 0.25) is 0 Å². The van der Waals surface area contributed by atoms with Crippen molar-refractivity contribution in [2.75, 3.05) is 6.61 Å². The van der Waals surface area contributed by atoms with Gasteiger partial charge in [-0.2, -0.15) is 5.26 Å². The topological polar surface area (TPSA) is 63.7 Å². The Labute approximate surface area is 125 Å². The van der Waals surface area contributed by atoms with Crippen molar-refractivity contribution in [1.82, 2.24) is 15.0 Å². The molecule has 1 heterocycles. The van der Waals surface area contributed by atoms with E-state index in [2.05, 4.69) is 30.2 Å². The smallest absolute Gasteiger partial charge is 0.185 e. The third-order valence-corrected chi connectivity index (χ3v) is 3.21. The summed E-state index contributed by atoms with van der Waals surface area (Å²) in [5.74, 6) is 1.42. The highest BCUT2D eigenvalue weighted by atomic mass is 16.5. The van der Waals surface area contributed by atoms with Crippen LogP contribution in [0.25, 0.3) is 0 Å². The summed E-state index contributed by atoms with van der Waals surface area (Å²) in [6.45, 7) is 5.63. The lowest BCUT2D eigenvalue weighted by molar-refractivity contribution is 0.316. The zero-order valence-electron chi connectivity index (χ0n) is 12.5. The highest BCUT2D eigenvalue weighted by molar-refractivity contribution is 5.25. The Kier molecular flexibility index (Phi) is 5.33. The Morgan fingerprint density at radius 1 is 1.29 bits per heavy atom. The van der Waals surface area contributed by atoms with Gasteiger partial charge >= 0.3 is 0 Å². The zero-order valence-corrected chi connectivity index (χ0v) is 12.5. The van der Waals surface area contributed by atoms with E-state index in [1.54, 1.807) is 0 Å². The van der Waals surface area contributed by atoms with Gasteiger partial charge in [0.1, 0.15) is 11.8 Å². The molecule has 2 rings (SSSR count). The van der Waals surface area contributed by atoms with Gasteiger partial charge in [0.15, 0.2) is 5.69 Å². The highest BCUT2D eigenvalue weighted by Crippen LogP contribution is 2.12. The molecule has 0 radical (unpaired) electrons. The third kappa shape index (κ3) is 4.32. The summed E-state index contributed by atoms with van der Waals surface area (Å²) in [6.07, 6.45) is 1.64. The third-order valence-electron chi connectivity index (χ3n) is 3.21. The largest absolute Gasteiger partial charge is 0.493 e. The average Bonchev–Trinajstić information content (AvgIpc) is 2.88. The van der Waals surface area contributed by atoms with Crippen LogP contribution in [0.2, 0.25) is 0 Å². The summed E-state index contributed by atoms with van der Waals surface area (Å²) in [6, 6.07) is 11.8. The fourth-order valence-corrected chi connectivity index (χ4v) is 2.01. The molecule has 1 aromatic heterocycles. The first-order valence-electron chi connectivity index (χ1n) is 7.21. The number of hydrogen-bond donors (Lipinski definition) is 0. The van der Waals surface area contributed by atoms with E-state index in [9.17, 15) is 0 Å². The van der Waals surface area contributed by atoms with Gasteiger partial charge in [0.05, 0.1) is 12.3 Å². The lowest BCUT2D eigenvalue weighted by atomic mass is 10.1. The number of benzene rings is 1.